The van der Waals surface area contributed by atoms with Gasteiger partial charge in [-0.1, -0.05) is 201 Å². The Kier molecular flexibility index (Phi) is 45.3. The Bertz CT molecular complexity index is 1760. The molecule has 0 aliphatic carbocycles. The van der Waals surface area contributed by atoms with E-state index in [1.807, 2.05) is 0 Å². The van der Waals surface area contributed by atoms with Crippen LogP contribution in [-0.2, 0) is 38.0 Å². The molecule has 458 valence electrons. The third-order valence-corrected chi connectivity index (χ3v) is 14.1. The number of ether oxygens (including phenoxy) is 6. The van der Waals surface area contributed by atoms with Crippen LogP contribution in [0, 0.1) is 0 Å². The van der Waals surface area contributed by atoms with Crippen LogP contribution in [0.5, 0.6) is 0 Å². The molecule has 7 N–H and O–H groups in total. The third kappa shape index (κ3) is 36.1. The SMILES string of the molecule is CC/C=C\C/C=C\C/C=C\C/C=C\CCCCCCCCCCCCC(=O)OC(COC(=O)CCCCCCCCCC/C=C\C/C=C\C/C=C\C/C=C\CC)COC1OC(COC2OC(CO)C(O)C(O)C2O)C(O)C(O)C1O. The van der Waals surface area contributed by atoms with Gasteiger partial charge in [0.1, 0.15) is 55.4 Å². The van der Waals surface area contributed by atoms with Crippen LogP contribution >= 0.6 is 0 Å². The maximum absolute atomic E-state index is 13.1. The van der Waals surface area contributed by atoms with Crippen molar-refractivity contribution in [1.29, 1.82) is 0 Å². The van der Waals surface area contributed by atoms with E-state index in [0.29, 0.717) is 12.8 Å². The zero-order valence-corrected chi connectivity index (χ0v) is 49.0. The first-order chi connectivity index (χ1) is 39.0. The fourth-order valence-electron chi connectivity index (χ4n) is 9.14. The zero-order chi connectivity index (χ0) is 58.1. The molecule has 0 amide bonds. The molecule has 15 heteroatoms. The zero-order valence-electron chi connectivity index (χ0n) is 49.0. The smallest absolute Gasteiger partial charge is 0.306 e. The molecule has 0 spiro atoms. The summed E-state index contributed by atoms with van der Waals surface area (Å²) in [5.41, 5.74) is 0. The van der Waals surface area contributed by atoms with Gasteiger partial charge in [0.05, 0.1) is 19.8 Å². The normalized spacial score (nSPS) is 24.4. The number of allylic oxidation sites excluding steroid dienone is 16. The van der Waals surface area contributed by atoms with Crippen LogP contribution in [0.1, 0.15) is 206 Å². The molecule has 0 saturated carbocycles. The predicted octanol–water partition coefficient (Wildman–Crippen LogP) is 11.3. The van der Waals surface area contributed by atoms with Crippen molar-refractivity contribution in [2.75, 3.05) is 26.4 Å². The van der Waals surface area contributed by atoms with Crippen molar-refractivity contribution in [1.82, 2.24) is 0 Å². The molecule has 80 heavy (non-hydrogen) atoms. The number of hydrogen-bond donors (Lipinski definition) is 7. The summed E-state index contributed by atoms with van der Waals surface area (Å²) >= 11 is 0. The number of hydrogen-bond acceptors (Lipinski definition) is 15. The summed E-state index contributed by atoms with van der Waals surface area (Å²) in [5, 5.41) is 72.4. The van der Waals surface area contributed by atoms with Crippen LogP contribution in [0.2, 0.25) is 0 Å². The maximum atomic E-state index is 13.1. The van der Waals surface area contributed by atoms with Gasteiger partial charge in [-0.3, -0.25) is 9.59 Å². The Morgan fingerprint density at radius 2 is 0.750 bits per heavy atom. The second-order valence-electron chi connectivity index (χ2n) is 21.1. The van der Waals surface area contributed by atoms with Gasteiger partial charge in [0.2, 0.25) is 0 Å². The molecule has 11 unspecified atom stereocenters. The van der Waals surface area contributed by atoms with Crippen molar-refractivity contribution in [2.45, 2.75) is 274 Å². The lowest BCUT2D eigenvalue weighted by Gasteiger charge is -2.42. The largest absolute Gasteiger partial charge is 0.462 e. The van der Waals surface area contributed by atoms with E-state index in [1.165, 1.54) is 51.4 Å². The van der Waals surface area contributed by atoms with Crippen LogP contribution in [0.15, 0.2) is 97.2 Å². The number of aliphatic hydroxyl groups is 7. The van der Waals surface area contributed by atoms with Gasteiger partial charge in [-0.25, -0.2) is 0 Å². The van der Waals surface area contributed by atoms with Crippen molar-refractivity contribution in [3.8, 4) is 0 Å². The van der Waals surface area contributed by atoms with Crippen LogP contribution in [-0.4, -0.2) is 142 Å². The number of esters is 2. The van der Waals surface area contributed by atoms with Gasteiger partial charge in [0.25, 0.3) is 0 Å². The second-order valence-corrected chi connectivity index (χ2v) is 21.1. The maximum Gasteiger partial charge on any atom is 0.306 e. The highest BCUT2D eigenvalue weighted by molar-refractivity contribution is 5.70. The Balaban J connectivity index is 1.73. The minimum atomic E-state index is -1.77. The van der Waals surface area contributed by atoms with Crippen LogP contribution in [0.4, 0.5) is 0 Å². The van der Waals surface area contributed by atoms with E-state index in [0.717, 1.165) is 116 Å². The monoisotopic (exact) mass is 1130 g/mol. The average molecular weight is 1130 g/mol. The van der Waals surface area contributed by atoms with Gasteiger partial charge >= 0.3 is 11.9 Å². The van der Waals surface area contributed by atoms with Crippen molar-refractivity contribution < 1.29 is 73.8 Å². The van der Waals surface area contributed by atoms with Crippen LogP contribution in [0.3, 0.4) is 0 Å². The fraction of sp³-hybridized carbons (Fsp3) is 0.723. The highest BCUT2D eigenvalue weighted by Crippen LogP contribution is 2.27. The molecular weight excluding hydrogens is 1020 g/mol. The minimum absolute atomic E-state index is 0.153. The van der Waals surface area contributed by atoms with Gasteiger partial charge in [0.15, 0.2) is 18.7 Å². The minimum Gasteiger partial charge on any atom is -0.462 e. The summed E-state index contributed by atoms with van der Waals surface area (Å²) in [5.74, 6) is -0.942. The Labute approximate surface area is 481 Å². The Hall–Kier alpha value is -3.58. The fourth-order valence-corrected chi connectivity index (χ4v) is 9.14. The van der Waals surface area contributed by atoms with Crippen molar-refractivity contribution in [3.63, 3.8) is 0 Å². The quantitative estimate of drug-likeness (QED) is 0.0171. The summed E-state index contributed by atoms with van der Waals surface area (Å²) in [7, 11) is 0. The molecule has 2 saturated heterocycles. The summed E-state index contributed by atoms with van der Waals surface area (Å²) in [6.45, 7) is 2.37. The summed E-state index contributed by atoms with van der Waals surface area (Å²) in [6, 6.07) is 0. The van der Waals surface area contributed by atoms with Gasteiger partial charge < -0.3 is 64.2 Å². The Morgan fingerprint density at radius 1 is 0.400 bits per heavy atom. The molecule has 0 bridgehead atoms. The second kappa shape index (κ2) is 50.0. The molecule has 2 rings (SSSR count). The van der Waals surface area contributed by atoms with Crippen molar-refractivity contribution >= 4 is 11.9 Å². The third-order valence-electron chi connectivity index (χ3n) is 14.1. The molecular formula is C65H108O15. The molecule has 2 aliphatic heterocycles. The van der Waals surface area contributed by atoms with E-state index in [4.69, 9.17) is 28.4 Å². The van der Waals surface area contributed by atoms with Crippen molar-refractivity contribution in [3.05, 3.63) is 97.2 Å². The van der Waals surface area contributed by atoms with Gasteiger partial charge in [-0.15, -0.1) is 0 Å². The molecule has 0 radical (unpaired) electrons. The van der Waals surface area contributed by atoms with E-state index in [-0.39, 0.29) is 19.4 Å². The molecule has 2 aliphatic rings. The number of carbonyl (C=O) groups is 2. The number of carbonyl (C=O) groups excluding carboxylic acids is 2. The lowest BCUT2D eigenvalue weighted by Crippen LogP contribution is -2.61. The lowest BCUT2D eigenvalue weighted by atomic mass is 9.98. The van der Waals surface area contributed by atoms with Crippen LogP contribution in [0.25, 0.3) is 0 Å². The summed E-state index contributed by atoms with van der Waals surface area (Å²) in [4.78, 5) is 26.0. The Morgan fingerprint density at radius 3 is 1.18 bits per heavy atom. The predicted molar refractivity (Wildman–Crippen MR) is 316 cm³/mol. The molecule has 15 nitrogen and oxygen atoms in total. The number of aliphatic hydroxyl groups excluding tert-OH is 7. The average Bonchev–Trinajstić information content (AvgIpc) is 3.52. The van der Waals surface area contributed by atoms with Gasteiger partial charge in [-0.2, -0.15) is 0 Å². The molecule has 0 aromatic heterocycles. The number of unbranched alkanes of at least 4 members (excludes halogenated alkanes) is 18. The van der Waals surface area contributed by atoms with E-state index in [1.54, 1.807) is 0 Å². The number of rotatable bonds is 48. The highest BCUT2D eigenvalue weighted by Gasteiger charge is 2.47. The van der Waals surface area contributed by atoms with E-state index in [9.17, 15) is 45.3 Å². The summed E-state index contributed by atoms with van der Waals surface area (Å²) < 4.78 is 33.8. The van der Waals surface area contributed by atoms with Crippen LogP contribution < -0.4 is 0 Å². The van der Waals surface area contributed by atoms with E-state index < -0.39 is 99.3 Å². The first-order valence-electron chi connectivity index (χ1n) is 30.8. The first-order valence-corrected chi connectivity index (χ1v) is 30.8. The summed E-state index contributed by atoms with van der Waals surface area (Å²) in [6.07, 6.45) is 48.4. The van der Waals surface area contributed by atoms with Gasteiger partial charge in [-0.05, 0) is 89.9 Å². The standard InChI is InChI=1S/C65H108O15/c1-3-5-7-9-11-13-15-17-19-21-23-25-26-28-30-32-34-36-38-40-42-44-46-48-57(68)78-53(51-76-64-63(74)61(72)59(70)55(80-64)52-77-65-62(73)60(71)58(69)54(49-66)79-65)50-75-56(67)47-45-43-41-39-37-35-33-31-29-27-24-22-20-18-16-14-12-10-8-6-4-2/h5-8,11-14,17-20,23-25,27,53-55,58-66,69-74H,3-4,9-10,15-16,21-22,26,28-52H2,1-2H3/b7-5-,8-6-,13-11-,14-12-,19-17-,20-18-,25-23-,27-24-. The molecule has 2 heterocycles. The first kappa shape index (κ1) is 72.5. The lowest BCUT2D eigenvalue weighted by molar-refractivity contribution is -0.332. The van der Waals surface area contributed by atoms with E-state index in [2.05, 4.69) is 111 Å². The molecule has 2 fully saturated rings. The molecule has 0 aromatic carbocycles. The molecule has 0 aromatic rings. The van der Waals surface area contributed by atoms with E-state index >= 15 is 0 Å². The van der Waals surface area contributed by atoms with Gasteiger partial charge in [0, 0.05) is 12.8 Å². The molecule has 11 atom stereocenters. The highest BCUT2D eigenvalue weighted by atomic mass is 16.7. The topological polar surface area (TPSA) is 231 Å². The van der Waals surface area contributed by atoms with Crippen molar-refractivity contribution in [2.24, 2.45) is 0 Å².